The van der Waals surface area contributed by atoms with Gasteiger partial charge in [0.1, 0.15) is 12.1 Å². The van der Waals surface area contributed by atoms with E-state index in [9.17, 15) is 4.21 Å². The van der Waals surface area contributed by atoms with E-state index < -0.39 is 10.8 Å². The Hall–Kier alpha value is -1.01. The topological polar surface area (TPSA) is 54.9 Å². The van der Waals surface area contributed by atoms with Crippen molar-refractivity contribution in [1.82, 2.24) is 9.97 Å². The number of aromatic nitrogens is 2. The summed E-state index contributed by atoms with van der Waals surface area (Å²) in [6, 6.07) is 0.392. The Bertz CT molecular complexity index is 586. The smallest absolute Gasteiger partial charge is 0.147 e. The van der Waals surface area contributed by atoms with Crippen LogP contribution in [0.1, 0.15) is 18.4 Å². The van der Waals surface area contributed by atoms with Crippen molar-refractivity contribution in [1.29, 1.82) is 0 Å². The maximum atomic E-state index is 11.3. The van der Waals surface area contributed by atoms with Crippen LogP contribution in [0.2, 0.25) is 0 Å². The van der Waals surface area contributed by atoms with Crippen LogP contribution >= 0.6 is 11.3 Å². The average Bonchev–Trinajstić information content (AvgIpc) is 2.76. The van der Waals surface area contributed by atoms with E-state index in [1.807, 2.05) is 0 Å². The lowest BCUT2D eigenvalue weighted by atomic mass is 10.1. The maximum Gasteiger partial charge on any atom is 0.147 e. The molecule has 0 amide bonds. The van der Waals surface area contributed by atoms with Gasteiger partial charge in [-0.1, -0.05) is 0 Å². The van der Waals surface area contributed by atoms with Gasteiger partial charge in [0.25, 0.3) is 0 Å². The summed E-state index contributed by atoms with van der Waals surface area (Å²) in [5.41, 5.74) is 2.24. The first-order valence-corrected chi connectivity index (χ1v) is 8.41. The minimum absolute atomic E-state index is 0.392. The molecule has 1 fully saturated rings. The second-order valence-electron chi connectivity index (χ2n) is 4.59. The van der Waals surface area contributed by atoms with Crippen molar-refractivity contribution in [3.8, 4) is 0 Å². The molecule has 0 atom stereocenters. The maximum absolute atomic E-state index is 11.3. The summed E-state index contributed by atoms with van der Waals surface area (Å²) in [6.07, 6.45) is 3.54. The van der Waals surface area contributed by atoms with Gasteiger partial charge in [-0.05, 0) is 30.7 Å². The number of hydrogen-bond donors (Lipinski definition) is 1. The Morgan fingerprint density at radius 3 is 2.94 bits per heavy atom. The molecule has 1 aliphatic rings. The van der Waals surface area contributed by atoms with Crippen LogP contribution in [0.25, 0.3) is 10.2 Å². The van der Waals surface area contributed by atoms with Crippen molar-refractivity contribution in [2.24, 2.45) is 0 Å². The highest BCUT2D eigenvalue weighted by Crippen LogP contribution is 2.29. The lowest BCUT2D eigenvalue weighted by Gasteiger charge is -2.23. The van der Waals surface area contributed by atoms with Crippen LogP contribution in [0, 0.1) is 6.92 Å². The molecule has 0 aromatic carbocycles. The molecular formula is C12H15N3OS2. The third kappa shape index (κ3) is 2.27. The number of nitrogens with zero attached hydrogens (tertiary/aromatic N) is 2. The molecule has 1 N–H and O–H groups in total. The van der Waals surface area contributed by atoms with Gasteiger partial charge in [0.15, 0.2) is 0 Å². The zero-order valence-corrected chi connectivity index (χ0v) is 11.8. The normalized spacial score (nSPS) is 24.3. The predicted octanol–water partition coefficient (Wildman–Crippen LogP) is 2.32. The molecule has 96 valence electrons. The first-order valence-electron chi connectivity index (χ1n) is 6.04. The van der Waals surface area contributed by atoms with Gasteiger partial charge in [-0.15, -0.1) is 11.3 Å². The van der Waals surface area contributed by atoms with Gasteiger partial charge in [-0.3, -0.25) is 4.21 Å². The zero-order chi connectivity index (χ0) is 12.5. The van der Waals surface area contributed by atoms with E-state index in [1.54, 1.807) is 17.7 Å². The number of nitrogens with one attached hydrogen (secondary N) is 1. The molecule has 2 aromatic rings. The predicted molar refractivity (Wildman–Crippen MR) is 76.7 cm³/mol. The van der Waals surface area contributed by atoms with Gasteiger partial charge in [0.05, 0.1) is 10.2 Å². The minimum atomic E-state index is -0.612. The molecule has 3 rings (SSSR count). The Kier molecular flexibility index (Phi) is 3.30. The third-order valence-corrected chi connectivity index (χ3v) is 5.74. The highest BCUT2D eigenvalue weighted by atomic mass is 32.2. The molecule has 2 aromatic heterocycles. The Morgan fingerprint density at radius 1 is 1.39 bits per heavy atom. The standard InChI is InChI=1S/C12H15N3OS2/c1-8-6-17-11-10(8)13-7-14-12(11)15-9-2-4-18(16)5-3-9/h6-7,9H,2-5H2,1H3,(H,13,14,15). The number of thiophene rings is 1. The van der Waals surface area contributed by atoms with Crippen LogP contribution in [-0.2, 0) is 10.8 Å². The second kappa shape index (κ2) is 4.93. The number of hydrogen-bond acceptors (Lipinski definition) is 5. The molecule has 0 saturated carbocycles. The van der Waals surface area contributed by atoms with Gasteiger partial charge in [-0.25, -0.2) is 9.97 Å². The largest absolute Gasteiger partial charge is 0.366 e. The summed E-state index contributed by atoms with van der Waals surface area (Å²) < 4.78 is 12.5. The van der Waals surface area contributed by atoms with Crippen LogP contribution in [-0.4, -0.2) is 31.7 Å². The molecule has 0 radical (unpaired) electrons. The molecule has 6 heteroatoms. The molecule has 18 heavy (non-hydrogen) atoms. The Labute approximate surface area is 112 Å². The fraction of sp³-hybridized carbons (Fsp3) is 0.500. The van der Waals surface area contributed by atoms with Crippen LogP contribution in [0.15, 0.2) is 11.7 Å². The van der Waals surface area contributed by atoms with Crippen molar-refractivity contribution in [2.45, 2.75) is 25.8 Å². The molecule has 3 heterocycles. The SMILES string of the molecule is Cc1csc2c(NC3CCS(=O)CC3)ncnc12. The number of fused-ring (bicyclic) bond motifs is 1. The molecule has 0 bridgehead atoms. The molecule has 0 unspecified atom stereocenters. The van der Waals surface area contributed by atoms with E-state index in [0.717, 1.165) is 40.4 Å². The second-order valence-corrected chi connectivity index (χ2v) is 7.16. The molecule has 0 spiro atoms. The van der Waals surface area contributed by atoms with Crippen LogP contribution in [0.4, 0.5) is 5.82 Å². The molecular weight excluding hydrogens is 266 g/mol. The lowest BCUT2D eigenvalue weighted by molar-refractivity contribution is 0.623. The quantitative estimate of drug-likeness (QED) is 0.918. The van der Waals surface area contributed by atoms with Gasteiger partial charge in [0.2, 0.25) is 0 Å². The first kappa shape index (κ1) is 12.0. The third-order valence-electron chi connectivity index (χ3n) is 3.26. The molecule has 0 aliphatic carbocycles. The van der Waals surface area contributed by atoms with Gasteiger partial charge in [-0.2, -0.15) is 0 Å². The number of aryl methyl sites for hydroxylation is 1. The van der Waals surface area contributed by atoms with Crippen molar-refractivity contribution >= 4 is 38.2 Å². The Balaban J connectivity index is 1.84. The van der Waals surface area contributed by atoms with Crippen LogP contribution in [0.5, 0.6) is 0 Å². The first-order chi connectivity index (χ1) is 8.74. The highest BCUT2D eigenvalue weighted by Gasteiger charge is 2.19. The van der Waals surface area contributed by atoms with Gasteiger partial charge < -0.3 is 5.32 Å². The summed E-state index contributed by atoms with van der Waals surface area (Å²) >= 11 is 1.68. The van der Waals surface area contributed by atoms with Crippen LogP contribution < -0.4 is 5.32 Å². The molecule has 4 nitrogen and oxygen atoms in total. The lowest BCUT2D eigenvalue weighted by Crippen LogP contribution is -2.29. The van der Waals surface area contributed by atoms with Crippen molar-refractivity contribution in [2.75, 3.05) is 16.8 Å². The average molecular weight is 281 g/mol. The van der Waals surface area contributed by atoms with Crippen molar-refractivity contribution < 1.29 is 4.21 Å². The summed E-state index contributed by atoms with van der Waals surface area (Å²) in [5.74, 6) is 2.53. The van der Waals surface area contributed by atoms with Crippen LogP contribution in [0.3, 0.4) is 0 Å². The van der Waals surface area contributed by atoms with E-state index in [1.165, 1.54) is 5.56 Å². The van der Waals surface area contributed by atoms with Crippen molar-refractivity contribution in [3.63, 3.8) is 0 Å². The Morgan fingerprint density at radius 2 is 2.17 bits per heavy atom. The summed E-state index contributed by atoms with van der Waals surface area (Å²) in [4.78, 5) is 8.66. The fourth-order valence-corrected chi connectivity index (χ4v) is 4.46. The van der Waals surface area contributed by atoms with E-state index in [-0.39, 0.29) is 0 Å². The fourth-order valence-electron chi connectivity index (χ4n) is 2.20. The van der Waals surface area contributed by atoms with E-state index in [4.69, 9.17) is 0 Å². The van der Waals surface area contributed by atoms with E-state index >= 15 is 0 Å². The summed E-state index contributed by atoms with van der Waals surface area (Å²) in [6.45, 7) is 2.07. The summed E-state index contributed by atoms with van der Waals surface area (Å²) in [7, 11) is -0.612. The zero-order valence-electron chi connectivity index (χ0n) is 10.2. The highest BCUT2D eigenvalue weighted by molar-refractivity contribution is 7.85. The van der Waals surface area contributed by atoms with Gasteiger partial charge in [0, 0.05) is 28.3 Å². The van der Waals surface area contributed by atoms with E-state index in [2.05, 4.69) is 27.6 Å². The monoisotopic (exact) mass is 281 g/mol. The number of anilines is 1. The minimum Gasteiger partial charge on any atom is -0.366 e. The number of rotatable bonds is 2. The van der Waals surface area contributed by atoms with E-state index in [0.29, 0.717) is 6.04 Å². The van der Waals surface area contributed by atoms with Crippen molar-refractivity contribution in [3.05, 3.63) is 17.3 Å². The van der Waals surface area contributed by atoms with Gasteiger partial charge >= 0.3 is 0 Å². The molecule has 1 aliphatic heterocycles. The summed E-state index contributed by atoms with van der Waals surface area (Å²) in [5, 5.41) is 5.59. The molecule has 1 saturated heterocycles.